The van der Waals surface area contributed by atoms with Crippen LogP contribution in [0.15, 0.2) is 21.5 Å². The van der Waals surface area contributed by atoms with E-state index in [0.29, 0.717) is 10.6 Å². The molecule has 2 unspecified atom stereocenters. The third-order valence-electron chi connectivity index (χ3n) is 3.56. The van der Waals surface area contributed by atoms with E-state index in [2.05, 4.69) is 15.9 Å². The van der Waals surface area contributed by atoms with Gasteiger partial charge in [0, 0.05) is 17.6 Å². The Kier molecular flexibility index (Phi) is 3.46. The monoisotopic (exact) mass is 333 g/mol. The minimum absolute atomic E-state index is 0.258. The van der Waals surface area contributed by atoms with Crippen LogP contribution in [-0.4, -0.2) is 38.5 Å². The second kappa shape index (κ2) is 4.51. The van der Waals surface area contributed by atoms with Crippen LogP contribution in [0.5, 0.6) is 0 Å². The van der Waals surface area contributed by atoms with Gasteiger partial charge in [0.1, 0.15) is 5.25 Å². The van der Waals surface area contributed by atoms with E-state index in [0.717, 1.165) is 10.0 Å². The topological polar surface area (TPSA) is 57.6 Å². The summed E-state index contributed by atoms with van der Waals surface area (Å²) < 4.78 is 25.7. The molecule has 0 aromatic heterocycles. The fourth-order valence-corrected chi connectivity index (χ4v) is 5.47. The summed E-state index contributed by atoms with van der Waals surface area (Å²) in [5, 5.41) is 8.59. The molecule has 0 bridgehead atoms. The first-order valence-electron chi connectivity index (χ1n) is 5.68. The second-order valence-corrected chi connectivity index (χ2v) is 7.70. The highest BCUT2D eigenvalue weighted by Gasteiger charge is 2.42. The number of halogens is 1. The lowest BCUT2D eigenvalue weighted by molar-refractivity contribution is 0.276. The fraction of sp³-hybridized carbons (Fsp3) is 0.500. The number of nitrogens with zero attached hydrogens (tertiary/aromatic N) is 1. The van der Waals surface area contributed by atoms with Crippen LogP contribution in [0, 0.1) is 6.92 Å². The van der Waals surface area contributed by atoms with Crippen molar-refractivity contribution in [1.29, 1.82) is 0 Å². The Labute approximate surface area is 116 Å². The molecule has 6 heteroatoms. The van der Waals surface area contributed by atoms with Gasteiger partial charge in [-0.25, -0.2) is 8.42 Å². The van der Waals surface area contributed by atoms with Gasteiger partial charge in [-0.3, -0.25) is 0 Å². The lowest BCUT2D eigenvalue weighted by atomic mass is 10.1. The van der Waals surface area contributed by atoms with E-state index in [1.54, 1.807) is 6.07 Å². The maximum Gasteiger partial charge on any atom is 0.187 e. The van der Waals surface area contributed by atoms with Gasteiger partial charge in [0.2, 0.25) is 0 Å². The van der Waals surface area contributed by atoms with E-state index in [1.165, 1.54) is 0 Å². The van der Waals surface area contributed by atoms with Gasteiger partial charge in [-0.15, -0.1) is 0 Å². The normalized spacial score (nSPS) is 25.9. The Bertz CT molecular complexity index is 585. The van der Waals surface area contributed by atoms with Gasteiger partial charge in [0.15, 0.2) is 9.84 Å². The Balaban J connectivity index is 2.79. The molecule has 0 saturated heterocycles. The Morgan fingerprint density at radius 1 is 1.44 bits per heavy atom. The smallest absolute Gasteiger partial charge is 0.187 e. The van der Waals surface area contributed by atoms with Crippen LogP contribution in [0.25, 0.3) is 0 Å². The number of sulfone groups is 1. The van der Waals surface area contributed by atoms with E-state index in [-0.39, 0.29) is 12.6 Å². The summed E-state index contributed by atoms with van der Waals surface area (Å²) in [5.74, 6) is 0. The van der Waals surface area contributed by atoms with Crippen LogP contribution in [0.1, 0.15) is 12.5 Å². The van der Waals surface area contributed by atoms with Crippen molar-refractivity contribution in [1.82, 2.24) is 0 Å². The zero-order valence-corrected chi connectivity index (χ0v) is 12.9. The number of aryl methyl sites for hydroxylation is 1. The zero-order valence-electron chi connectivity index (χ0n) is 10.5. The number of hydrogen-bond donors (Lipinski definition) is 1. The van der Waals surface area contributed by atoms with Gasteiger partial charge in [-0.2, -0.15) is 0 Å². The summed E-state index contributed by atoms with van der Waals surface area (Å²) in [6.45, 7) is 3.30. The summed E-state index contributed by atoms with van der Waals surface area (Å²) in [6, 6.07) is 3.31. The first kappa shape index (κ1) is 13.8. The molecule has 1 N–H and O–H groups in total. The maximum absolute atomic E-state index is 12.5. The summed E-state index contributed by atoms with van der Waals surface area (Å²) in [6.07, 6.45) is 0. The van der Waals surface area contributed by atoms with Crippen LogP contribution in [0.2, 0.25) is 0 Å². The van der Waals surface area contributed by atoms with Crippen LogP contribution in [-0.2, 0) is 9.84 Å². The van der Waals surface area contributed by atoms with Crippen molar-refractivity contribution in [2.24, 2.45) is 0 Å². The first-order chi connectivity index (χ1) is 8.30. The van der Waals surface area contributed by atoms with Crippen LogP contribution in [0.3, 0.4) is 0 Å². The van der Waals surface area contributed by atoms with Crippen molar-refractivity contribution < 1.29 is 13.5 Å². The molecule has 1 aromatic rings. The van der Waals surface area contributed by atoms with Gasteiger partial charge >= 0.3 is 0 Å². The summed E-state index contributed by atoms with van der Waals surface area (Å²) in [4.78, 5) is 2.20. The number of hydrogen-bond acceptors (Lipinski definition) is 4. The SMILES string of the molecule is Cc1cc(Br)c2c(c1)S(=O)(=O)C(CO)C(C)N2C. The van der Waals surface area contributed by atoms with Crippen LogP contribution < -0.4 is 4.90 Å². The van der Waals surface area contributed by atoms with Gasteiger partial charge in [0.25, 0.3) is 0 Å². The van der Waals surface area contributed by atoms with Crippen LogP contribution >= 0.6 is 15.9 Å². The third kappa shape index (κ3) is 1.87. The highest BCUT2D eigenvalue weighted by molar-refractivity contribution is 9.10. The lowest BCUT2D eigenvalue weighted by Gasteiger charge is -2.39. The predicted octanol–water partition coefficient (Wildman–Crippen LogP) is 1.73. The maximum atomic E-state index is 12.5. The first-order valence-corrected chi connectivity index (χ1v) is 8.02. The predicted molar refractivity (Wildman–Crippen MR) is 74.8 cm³/mol. The van der Waals surface area contributed by atoms with E-state index >= 15 is 0 Å². The van der Waals surface area contributed by atoms with Crippen molar-refractivity contribution in [3.05, 3.63) is 22.2 Å². The van der Waals surface area contributed by atoms with Crippen molar-refractivity contribution >= 4 is 31.5 Å². The minimum atomic E-state index is -3.48. The van der Waals surface area contributed by atoms with Gasteiger partial charge < -0.3 is 10.0 Å². The van der Waals surface area contributed by atoms with Crippen molar-refractivity contribution in [2.45, 2.75) is 30.0 Å². The van der Waals surface area contributed by atoms with Crippen molar-refractivity contribution in [3.63, 3.8) is 0 Å². The molecule has 100 valence electrons. The molecular weight excluding hydrogens is 318 g/mol. The Morgan fingerprint density at radius 3 is 2.61 bits per heavy atom. The molecule has 0 radical (unpaired) electrons. The number of aliphatic hydroxyl groups is 1. The molecule has 2 atom stereocenters. The quantitative estimate of drug-likeness (QED) is 0.850. The van der Waals surface area contributed by atoms with E-state index in [4.69, 9.17) is 0 Å². The summed E-state index contributed by atoms with van der Waals surface area (Å²) in [7, 11) is -1.63. The fourth-order valence-electron chi connectivity index (χ4n) is 2.39. The minimum Gasteiger partial charge on any atom is -0.395 e. The number of benzene rings is 1. The molecule has 0 aliphatic carbocycles. The third-order valence-corrected chi connectivity index (χ3v) is 6.43. The van der Waals surface area contributed by atoms with Crippen LogP contribution in [0.4, 0.5) is 5.69 Å². The number of aliphatic hydroxyl groups excluding tert-OH is 1. The molecule has 0 spiro atoms. The largest absolute Gasteiger partial charge is 0.395 e. The second-order valence-electron chi connectivity index (χ2n) is 4.71. The molecule has 18 heavy (non-hydrogen) atoms. The van der Waals surface area contributed by atoms with E-state index in [9.17, 15) is 13.5 Å². The lowest BCUT2D eigenvalue weighted by Crippen LogP contribution is -2.49. The number of anilines is 1. The Morgan fingerprint density at radius 2 is 2.06 bits per heavy atom. The molecule has 0 saturated carbocycles. The Hall–Kier alpha value is -0.590. The molecule has 0 fully saturated rings. The standard InChI is InChI=1S/C12H16BrNO3S/c1-7-4-9(13)12-10(5-7)18(16,17)11(6-15)8(2)14(12)3/h4-5,8,11,15H,6H2,1-3H3. The molecule has 1 aliphatic heterocycles. The summed E-state index contributed by atoms with van der Waals surface area (Å²) in [5.41, 5.74) is 1.56. The van der Waals surface area contributed by atoms with E-state index in [1.807, 2.05) is 31.9 Å². The summed E-state index contributed by atoms with van der Waals surface area (Å²) >= 11 is 3.43. The molecule has 2 rings (SSSR count). The molecule has 1 aliphatic rings. The number of rotatable bonds is 1. The van der Waals surface area contributed by atoms with Gasteiger partial charge in [-0.05, 0) is 47.5 Å². The van der Waals surface area contributed by atoms with Crippen molar-refractivity contribution in [2.75, 3.05) is 18.6 Å². The van der Waals surface area contributed by atoms with Crippen molar-refractivity contribution in [3.8, 4) is 0 Å². The highest BCUT2D eigenvalue weighted by Crippen LogP contribution is 2.41. The molecule has 0 amide bonds. The molecular formula is C12H16BrNO3S. The average molecular weight is 334 g/mol. The van der Waals surface area contributed by atoms with Gasteiger partial charge in [0.05, 0.1) is 17.2 Å². The zero-order chi connectivity index (χ0) is 13.7. The molecule has 4 nitrogen and oxygen atoms in total. The van der Waals surface area contributed by atoms with Gasteiger partial charge in [-0.1, -0.05) is 0 Å². The average Bonchev–Trinajstić information content (AvgIpc) is 2.26. The molecule has 1 heterocycles. The highest BCUT2D eigenvalue weighted by atomic mass is 79.9. The number of fused-ring (bicyclic) bond motifs is 1. The molecule has 1 aromatic carbocycles. The van der Waals surface area contributed by atoms with E-state index < -0.39 is 15.1 Å².